The molecule has 118 valence electrons. The van der Waals surface area contributed by atoms with Gasteiger partial charge in [-0.3, -0.25) is 4.79 Å². The maximum atomic E-state index is 12.4. The SMILES string of the molecule is CCNCc1ccccc1NC(=O)c1ccc(C)c(C)c1.Cl. The Kier molecular flexibility index (Phi) is 7.09. The van der Waals surface area contributed by atoms with Gasteiger partial charge in [-0.05, 0) is 55.3 Å². The second kappa shape index (κ2) is 8.57. The van der Waals surface area contributed by atoms with Gasteiger partial charge in [0, 0.05) is 17.8 Å². The Morgan fingerprint density at radius 1 is 1.05 bits per heavy atom. The standard InChI is InChI=1S/C18H22N2O.ClH/c1-4-19-12-16-7-5-6-8-17(16)20-18(21)15-10-9-13(2)14(3)11-15;/h5-11,19H,4,12H2,1-3H3,(H,20,21);1H. The van der Waals surface area contributed by atoms with Crippen molar-refractivity contribution in [2.75, 3.05) is 11.9 Å². The number of nitrogens with one attached hydrogen (secondary N) is 2. The highest BCUT2D eigenvalue weighted by Gasteiger charge is 2.09. The lowest BCUT2D eigenvalue weighted by Gasteiger charge is -2.12. The number of benzene rings is 2. The molecule has 0 aliphatic heterocycles. The van der Waals surface area contributed by atoms with E-state index in [0.29, 0.717) is 5.56 Å². The maximum absolute atomic E-state index is 12.4. The average molecular weight is 319 g/mol. The number of halogens is 1. The minimum absolute atomic E-state index is 0. The van der Waals surface area contributed by atoms with Gasteiger partial charge in [0.1, 0.15) is 0 Å². The molecule has 22 heavy (non-hydrogen) atoms. The quantitative estimate of drug-likeness (QED) is 0.872. The summed E-state index contributed by atoms with van der Waals surface area (Å²) in [4.78, 5) is 12.4. The molecular weight excluding hydrogens is 296 g/mol. The van der Waals surface area contributed by atoms with Gasteiger partial charge >= 0.3 is 0 Å². The molecule has 3 nitrogen and oxygen atoms in total. The number of carbonyl (C=O) groups excluding carboxylic acids is 1. The summed E-state index contributed by atoms with van der Waals surface area (Å²) in [6.07, 6.45) is 0. The summed E-state index contributed by atoms with van der Waals surface area (Å²) in [5, 5.41) is 6.29. The lowest BCUT2D eigenvalue weighted by molar-refractivity contribution is 0.102. The van der Waals surface area contributed by atoms with E-state index < -0.39 is 0 Å². The first-order chi connectivity index (χ1) is 10.1. The molecule has 2 aromatic rings. The van der Waals surface area contributed by atoms with Gasteiger partial charge in [-0.2, -0.15) is 0 Å². The molecule has 0 heterocycles. The van der Waals surface area contributed by atoms with E-state index in [1.165, 1.54) is 5.56 Å². The number of carbonyl (C=O) groups is 1. The molecule has 0 bridgehead atoms. The fourth-order valence-corrected chi connectivity index (χ4v) is 2.13. The van der Waals surface area contributed by atoms with E-state index in [0.717, 1.165) is 29.9 Å². The van der Waals surface area contributed by atoms with Crippen LogP contribution < -0.4 is 10.6 Å². The van der Waals surface area contributed by atoms with E-state index >= 15 is 0 Å². The number of para-hydroxylation sites is 1. The highest BCUT2D eigenvalue weighted by atomic mass is 35.5. The molecule has 0 aromatic heterocycles. The number of rotatable bonds is 5. The van der Waals surface area contributed by atoms with Crippen molar-refractivity contribution in [3.8, 4) is 0 Å². The predicted octanol–water partition coefficient (Wildman–Crippen LogP) is 4.09. The van der Waals surface area contributed by atoms with Gasteiger partial charge in [0.25, 0.3) is 5.91 Å². The van der Waals surface area contributed by atoms with E-state index in [9.17, 15) is 4.79 Å². The van der Waals surface area contributed by atoms with E-state index in [1.807, 2.05) is 56.3 Å². The Hall–Kier alpha value is -1.84. The second-order valence-corrected chi connectivity index (χ2v) is 5.19. The lowest BCUT2D eigenvalue weighted by Crippen LogP contribution is -2.17. The van der Waals surface area contributed by atoms with Gasteiger partial charge < -0.3 is 10.6 Å². The molecule has 0 saturated heterocycles. The molecule has 0 aliphatic rings. The predicted molar refractivity (Wildman–Crippen MR) is 94.9 cm³/mol. The van der Waals surface area contributed by atoms with Crippen LogP contribution in [0.3, 0.4) is 0 Å². The van der Waals surface area contributed by atoms with Crippen LogP contribution in [0.2, 0.25) is 0 Å². The Labute approximate surface area is 138 Å². The van der Waals surface area contributed by atoms with E-state index in [2.05, 4.69) is 17.6 Å². The van der Waals surface area contributed by atoms with Crippen LogP contribution >= 0.6 is 12.4 Å². The molecule has 4 heteroatoms. The topological polar surface area (TPSA) is 41.1 Å². The molecule has 0 atom stereocenters. The number of anilines is 1. The van der Waals surface area contributed by atoms with Gasteiger partial charge in [0.05, 0.1) is 0 Å². The van der Waals surface area contributed by atoms with E-state index in [1.54, 1.807) is 0 Å². The van der Waals surface area contributed by atoms with Gasteiger partial charge in [-0.1, -0.05) is 31.2 Å². The Bertz CT molecular complexity index is 641. The number of amides is 1. The number of hydrogen-bond donors (Lipinski definition) is 2. The van der Waals surface area contributed by atoms with Crippen molar-refractivity contribution < 1.29 is 4.79 Å². The van der Waals surface area contributed by atoms with Crippen molar-refractivity contribution >= 4 is 24.0 Å². The molecule has 2 N–H and O–H groups in total. The molecule has 1 amide bonds. The second-order valence-electron chi connectivity index (χ2n) is 5.19. The average Bonchev–Trinajstić information content (AvgIpc) is 2.49. The minimum atomic E-state index is -0.0675. The first-order valence-corrected chi connectivity index (χ1v) is 7.29. The smallest absolute Gasteiger partial charge is 0.255 e. The first kappa shape index (κ1) is 18.2. The molecule has 0 radical (unpaired) electrons. The van der Waals surface area contributed by atoms with Crippen LogP contribution in [-0.2, 0) is 6.54 Å². The van der Waals surface area contributed by atoms with Crippen LogP contribution in [0.5, 0.6) is 0 Å². The monoisotopic (exact) mass is 318 g/mol. The third kappa shape index (κ3) is 4.58. The normalized spacial score (nSPS) is 9.95. The van der Waals surface area contributed by atoms with E-state index in [-0.39, 0.29) is 18.3 Å². The van der Waals surface area contributed by atoms with Gasteiger partial charge in [-0.15, -0.1) is 12.4 Å². The van der Waals surface area contributed by atoms with Crippen molar-refractivity contribution in [1.82, 2.24) is 5.32 Å². The summed E-state index contributed by atoms with van der Waals surface area (Å²) < 4.78 is 0. The van der Waals surface area contributed by atoms with Crippen LogP contribution in [0.15, 0.2) is 42.5 Å². The fraction of sp³-hybridized carbons (Fsp3) is 0.278. The Morgan fingerprint density at radius 3 is 2.45 bits per heavy atom. The summed E-state index contributed by atoms with van der Waals surface area (Å²) in [5.41, 5.74) is 4.97. The third-order valence-electron chi connectivity index (χ3n) is 3.60. The molecule has 0 fully saturated rings. The zero-order valence-electron chi connectivity index (χ0n) is 13.3. The Morgan fingerprint density at radius 2 is 1.77 bits per heavy atom. The van der Waals surface area contributed by atoms with Crippen LogP contribution in [0.1, 0.15) is 34.0 Å². The minimum Gasteiger partial charge on any atom is -0.322 e. The Balaban J connectivity index is 0.00000242. The number of aryl methyl sites for hydroxylation is 2. The zero-order chi connectivity index (χ0) is 15.2. The van der Waals surface area contributed by atoms with Crippen molar-refractivity contribution in [2.24, 2.45) is 0 Å². The highest BCUT2D eigenvalue weighted by Crippen LogP contribution is 2.17. The largest absolute Gasteiger partial charge is 0.322 e. The van der Waals surface area contributed by atoms with Gasteiger partial charge in [0.15, 0.2) is 0 Å². The molecule has 0 unspecified atom stereocenters. The lowest BCUT2D eigenvalue weighted by atomic mass is 10.1. The summed E-state index contributed by atoms with van der Waals surface area (Å²) in [5.74, 6) is -0.0675. The van der Waals surface area contributed by atoms with Crippen LogP contribution in [0, 0.1) is 13.8 Å². The van der Waals surface area contributed by atoms with Crippen molar-refractivity contribution in [3.63, 3.8) is 0 Å². The van der Waals surface area contributed by atoms with Crippen LogP contribution in [0.4, 0.5) is 5.69 Å². The fourth-order valence-electron chi connectivity index (χ4n) is 2.13. The van der Waals surface area contributed by atoms with Crippen LogP contribution in [-0.4, -0.2) is 12.5 Å². The van der Waals surface area contributed by atoms with Gasteiger partial charge in [0.2, 0.25) is 0 Å². The van der Waals surface area contributed by atoms with E-state index in [4.69, 9.17) is 0 Å². The maximum Gasteiger partial charge on any atom is 0.255 e. The van der Waals surface area contributed by atoms with Crippen LogP contribution in [0.25, 0.3) is 0 Å². The summed E-state index contributed by atoms with van der Waals surface area (Å²) in [6, 6.07) is 13.7. The molecule has 2 rings (SSSR count). The van der Waals surface area contributed by atoms with Crippen molar-refractivity contribution in [1.29, 1.82) is 0 Å². The summed E-state index contributed by atoms with van der Waals surface area (Å²) in [7, 11) is 0. The molecule has 0 aliphatic carbocycles. The summed E-state index contributed by atoms with van der Waals surface area (Å²) >= 11 is 0. The third-order valence-corrected chi connectivity index (χ3v) is 3.60. The van der Waals surface area contributed by atoms with Crippen molar-refractivity contribution in [3.05, 3.63) is 64.7 Å². The molecule has 0 saturated carbocycles. The van der Waals surface area contributed by atoms with Crippen molar-refractivity contribution in [2.45, 2.75) is 27.3 Å². The zero-order valence-corrected chi connectivity index (χ0v) is 14.1. The first-order valence-electron chi connectivity index (χ1n) is 7.29. The number of hydrogen-bond acceptors (Lipinski definition) is 2. The molecule has 2 aromatic carbocycles. The summed E-state index contributed by atoms with van der Waals surface area (Å²) in [6.45, 7) is 7.78. The molecular formula is C18H23ClN2O. The van der Waals surface area contributed by atoms with Gasteiger partial charge in [-0.25, -0.2) is 0 Å². The highest BCUT2D eigenvalue weighted by molar-refractivity contribution is 6.04. The molecule has 0 spiro atoms.